The lowest BCUT2D eigenvalue weighted by Crippen LogP contribution is -2.16. The zero-order chi connectivity index (χ0) is 34.9. The van der Waals surface area contributed by atoms with E-state index >= 15 is 0 Å². The van der Waals surface area contributed by atoms with Crippen molar-refractivity contribution in [1.82, 2.24) is 19.9 Å². The number of hydrogen-bond donors (Lipinski definition) is 0. The number of benzene rings is 5. The van der Waals surface area contributed by atoms with Crippen LogP contribution < -0.4 is 0 Å². The number of aromatic nitrogens is 4. The van der Waals surface area contributed by atoms with E-state index in [2.05, 4.69) is 143 Å². The fourth-order valence-electron chi connectivity index (χ4n) is 6.17. The molecule has 0 amide bonds. The molecule has 0 bridgehead atoms. The van der Waals surface area contributed by atoms with Gasteiger partial charge in [-0.1, -0.05) is 139 Å². The van der Waals surface area contributed by atoms with Gasteiger partial charge in [0.1, 0.15) is 6.33 Å². The van der Waals surface area contributed by atoms with Crippen molar-refractivity contribution in [2.75, 3.05) is 0 Å². The van der Waals surface area contributed by atoms with Crippen molar-refractivity contribution in [2.45, 2.75) is 52.4 Å². The summed E-state index contributed by atoms with van der Waals surface area (Å²) in [7, 11) is 0. The van der Waals surface area contributed by atoms with Gasteiger partial charge in [0.25, 0.3) is 0 Å². The van der Waals surface area contributed by atoms with Gasteiger partial charge >= 0.3 is 0 Å². The van der Waals surface area contributed by atoms with E-state index in [0.29, 0.717) is 5.82 Å². The molecule has 0 aliphatic carbocycles. The molecular formula is C46H42N4. The monoisotopic (exact) mass is 650 g/mol. The van der Waals surface area contributed by atoms with Gasteiger partial charge in [-0.25, -0.2) is 19.9 Å². The molecule has 0 aliphatic heterocycles. The highest BCUT2D eigenvalue weighted by Crippen LogP contribution is 2.37. The third kappa shape index (κ3) is 7.16. The Balaban J connectivity index is 1.41. The molecule has 2 aromatic heterocycles. The van der Waals surface area contributed by atoms with E-state index in [0.717, 1.165) is 50.3 Å². The second-order valence-electron chi connectivity index (χ2n) is 15.0. The van der Waals surface area contributed by atoms with Gasteiger partial charge in [0.2, 0.25) is 0 Å². The van der Waals surface area contributed by atoms with Crippen molar-refractivity contribution >= 4 is 0 Å². The third-order valence-electron chi connectivity index (χ3n) is 9.14. The Morgan fingerprint density at radius 3 is 1.28 bits per heavy atom. The van der Waals surface area contributed by atoms with Gasteiger partial charge < -0.3 is 0 Å². The van der Waals surface area contributed by atoms with Crippen LogP contribution in [0, 0.1) is 0 Å². The fraction of sp³-hybridized carbons (Fsp3) is 0.174. The lowest BCUT2D eigenvalue weighted by Gasteiger charge is -2.26. The molecule has 0 atom stereocenters. The Bertz CT molecular complexity index is 2170. The van der Waals surface area contributed by atoms with Gasteiger partial charge in [-0.2, -0.15) is 0 Å². The average molecular weight is 651 g/mol. The molecule has 4 nitrogen and oxygen atoms in total. The molecule has 7 aromatic rings. The summed E-state index contributed by atoms with van der Waals surface area (Å²) in [6, 6.07) is 45.2. The standard InChI is InChI=1S/C46H42N4/c1-45(2,3)40-24-37(25-41(26-40)46(4,5)6)34-19-13-18-33(20-34)35-21-36(39-28-47-30-48-29-39)23-38(22-35)44-49-42(31-14-9-7-10-15-31)27-43(50-44)32-16-11-8-12-17-32/h7-30H,1-6H3. The van der Waals surface area contributed by atoms with Crippen molar-refractivity contribution in [2.24, 2.45) is 0 Å². The van der Waals surface area contributed by atoms with Gasteiger partial charge in [0.15, 0.2) is 5.82 Å². The van der Waals surface area contributed by atoms with E-state index in [-0.39, 0.29) is 10.8 Å². The summed E-state index contributed by atoms with van der Waals surface area (Å²) < 4.78 is 0. The van der Waals surface area contributed by atoms with E-state index in [1.165, 1.54) is 22.3 Å². The molecule has 0 saturated heterocycles. The largest absolute Gasteiger partial charge is 0.244 e. The molecule has 0 radical (unpaired) electrons. The number of hydrogen-bond acceptors (Lipinski definition) is 4. The highest BCUT2D eigenvalue weighted by Gasteiger charge is 2.21. The molecule has 50 heavy (non-hydrogen) atoms. The zero-order valence-corrected chi connectivity index (χ0v) is 29.6. The van der Waals surface area contributed by atoms with Crippen LogP contribution in [0.2, 0.25) is 0 Å². The molecule has 2 heterocycles. The van der Waals surface area contributed by atoms with Crippen molar-refractivity contribution < 1.29 is 0 Å². The van der Waals surface area contributed by atoms with Gasteiger partial charge in [0.05, 0.1) is 11.4 Å². The van der Waals surface area contributed by atoms with Gasteiger partial charge in [-0.05, 0) is 80.1 Å². The quantitative estimate of drug-likeness (QED) is 0.180. The number of rotatable bonds is 6. The maximum Gasteiger partial charge on any atom is 0.160 e. The minimum atomic E-state index is 0.0293. The third-order valence-corrected chi connectivity index (χ3v) is 9.14. The summed E-state index contributed by atoms with van der Waals surface area (Å²) in [5.41, 5.74) is 14.0. The summed E-state index contributed by atoms with van der Waals surface area (Å²) >= 11 is 0. The predicted molar refractivity (Wildman–Crippen MR) is 208 cm³/mol. The first kappa shape index (κ1) is 32.8. The van der Waals surface area contributed by atoms with Crippen molar-refractivity contribution in [1.29, 1.82) is 0 Å². The second-order valence-corrected chi connectivity index (χ2v) is 15.0. The first-order valence-electron chi connectivity index (χ1n) is 17.2. The second kappa shape index (κ2) is 13.3. The average Bonchev–Trinajstić information content (AvgIpc) is 3.14. The van der Waals surface area contributed by atoms with Crippen LogP contribution >= 0.6 is 0 Å². The first-order chi connectivity index (χ1) is 24.0. The fourth-order valence-corrected chi connectivity index (χ4v) is 6.17. The highest BCUT2D eigenvalue weighted by atomic mass is 14.9. The lowest BCUT2D eigenvalue weighted by molar-refractivity contribution is 0.569. The maximum atomic E-state index is 5.16. The van der Waals surface area contributed by atoms with E-state index < -0.39 is 0 Å². The summed E-state index contributed by atoms with van der Waals surface area (Å²) in [6.07, 6.45) is 5.28. The topological polar surface area (TPSA) is 51.6 Å². The molecule has 4 heteroatoms. The van der Waals surface area contributed by atoms with Crippen LogP contribution in [-0.2, 0) is 10.8 Å². The molecule has 0 spiro atoms. The normalized spacial score (nSPS) is 11.8. The number of nitrogens with zero attached hydrogens (tertiary/aromatic N) is 4. The Morgan fingerprint density at radius 1 is 0.360 bits per heavy atom. The molecule has 0 fully saturated rings. The Labute approximate surface area is 296 Å². The minimum Gasteiger partial charge on any atom is -0.244 e. The summed E-state index contributed by atoms with van der Waals surface area (Å²) in [5, 5.41) is 0. The van der Waals surface area contributed by atoms with Crippen LogP contribution in [0.1, 0.15) is 52.7 Å². The Kier molecular flexibility index (Phi) is 8.71. The van der Waals surface area contributed by atoms with E-state index in [1.807, 2.05) is 48.8 Å². The summed E-state index contributed by atoms with van der Waals surface area (Å²) in [4.78, 5) is 19.0. The van der Waals surface area contributed by atoms with E-state index in [1.54, 1.807) is 6.33 Å². The van der Waals surface area contributed by atoms with Gasteiger partial charge in [0, 0.05) is 34.6 Å². The van der Waals surface area contributed by atoms with Crippen LogP contribution in [0.15, 0.2) is 146 Å². The highest BCUT2D eigenvalue weighted by molar-refractivity contribution is 5.82. The molecule has 0 saturated carbocycles. The van der Waals surface area contributed by atoms with Crippen LogP contribution in [0.4, 0.5) is 0 Å². The van der Waals surface area contributed by atoms with Crippen molar-refractivity contribution in [3.63, 3.8) is 0 Å². The van der Waals surface area contributed by atoms with E-state index in [4.69, 9.17) is 9.97 Å². The van der Waals surface area contributed by atoms with Crippen LogP contribution in [0.5, 0.6) is 0 Å². The van der Waals surface area contributed by atoms with Gasteiger partial charge in [-0.15, -0.1) is 0 Å². The molecular weight excluding hydrogens is 609 g/mol. The Morgan fingerprint density at radius 2 is 0.780 bits per heavy atom. The SMILES string of the molecule is CC(C)(C)c1cc(-c2cccc(-c3cc(-c4cncnc4)cc(-c4nc(-c5ccccc5)cc(-c5ccccc5)n4)c3)c2)cc(C(C)(C)C)c1. The van der Waals surface area contributed by atoms with Crippen LogP contribution in [0.25, 0.3) is 67.3 Å². The van der Waals surface area contributed by atoms with Crippen molar-refractivity contribution in [3.05, 3.63) is 157 Å². The summed E-state index contributed by atoms with van der Waals surface area (Å²) in [6.45, 7) is 13.7. The molecule has 0 N–H and O–H groups in total. The van der Waals surface area contributed by atoms with Crippen LogP contribution in [0.3, 0.4) is 0 Å². The first-order valence-corrected chi connectivity index (χ1v) is 17.2. The van der Waals surface area contributed by atoms with Gasteiger partial charge in [-0.3, -0.25) is 0 Å². The molecule has 7 rings (SSSR count). The Hall–Kier alpha value is -5.74. The zero-order valence-electron chi connectivity index (χ0n) is 29.6. The lowest BCUT2D eigenvalue weighted by atomic mass is 9.79. The maximum absolute atomic E-state index is 5.16. The molecule has 0 unspecified atom stereocenters. The van der Waals surface area contributed by atoms with E-state index in [9.17, 15) is 0 Å². The predicted octanol–water partition coefficient (Wildman–Crippen LogP) is 11.9. The van der Waals surface area contributed by atoms with Crippen molar-refractivity contribution in [3.8, 4) is 67.3 Å². The summed E-state index contributed by atoms with van der Waals surface area (Å²) in [5.74, 6) is 0.661. The molecule has 0 aliphatic rings. The minimum absolute atomic E-state index is 0.0293. The molecule has 5 aromatic carbocycles. The smallest absolute Gasteiger partial charge is 0.160 e. The molecule has 246 valence electrons. The van der Waals surface area contributed by atoms with Crippen LogP contribution in [-0.4, -0.2) is 19.9 Å².